The molecule has 0 radical (unpaired) electrons. The van der Waals surface area contributed by atoms with Crippen molar-refractivity contribution in [1.29, 1.82) is 0 Å². The number of hydrogen-bond donors (Lipinski definition) is 2. The summed E-state index contributed by atoms with van der Waals surface area (Å²) in [5.74, 6) is 0.200. The van der Waals surface area contributed by atoms with Gasteiger partial charge in [0, 0.05) is 48.8 Å². The van der Waals surface area contributed by atoms with E-state index in [0.717, 1.165) is 60.0 Å². The first-order valence-corrected chi connectivity index (χ1v) is 11.1. The average Bonchev–Trinajstić information content (AvgIpc) is 3.22. The SMILES string of the molecule is O=C(Nc1ccc2c(c1)COC1(CCN(C3CCC3)CC1)O2)c1ccc2nc[nH]c2c1. The van der Waals surface area contributed by atoms with E-state index in [1.165, 1.54) is 19.3 Å². The van der Waals surface area contributed by atoms with Gasteiger partial charge in [-0.1, -0.05) is 6.42 Å². The maximum absolute atomic E-state index is 12.7. The number of nitrogens with one attached hydrogen (secondary N) is 2. The van der Waals surface area contributed by atoms with Gasteiger partial charge in [-0.05, 0) is 49.2 Å². The number of fused-ring (bicyclic) bond motifs is 2. The van der Waals surface area contributed by atoms with Crippen LogP contribution >= 0.6 is 0 Å². The highest BCUT2D eigenvalue weighted by Gasteiger charge is 2.42. The lowest BCUT2D eigenvalue weighted by molar-refractivity contribution is -0.231. The molecule has 2 aliphatic heterocycles. The molecule has 1 aromatic heterocycles. The van der Waals surface area contributed by atoms with Crippen LogP contribution in [0.15, 0.2) is 42.7 Å². The topological polar surface area (TPSA) is 79.5 Å². The van der Waals surface area contributed by atoms with Gasteiger partial charge in [0.25, 0.3) is 5.91 Å². The zero-order valence-electron chi connectivity index (χ0n) is 17.4. The molecule has 1 saturated heterocycles. The number of benzene rings is 2. The second-order valence-corrected chi connectivity index (χ2v) is 8.83. The Kier molecular flexibility index (Phi) is 4.47. The first kappa shape index (κ1) is 18.8. The van der Waals surface area contributed by atoms with E-state index in [0.29, 0.717) is 12.2 Å². The number of aromatic amines is 1. The molecule has 160 valence electrons. The molecule has 2 fully saturated rings. The Balaban J connectivity index is 1.13. The fraction of sp³-hybridized carbons (Fsp3) is 0.417. The predicted octanol–water partition coefficient (Wildman–Crippen LogP) is 4.07. The summed E-state index contributed by atoms with van der Waals surface area (Å²) in [7, 11) is 0. The molecule has 1 saturated carbocycles. The zero-order chi connectivity index (χ0) is 20.8. The normalized spacial score (nSPS) is 20.8. The third-order valence-corrected chi connectivity index (χ3v) is 6.94. The van der Waals surface area contributed by atoms with E-state index in [2.05, 4.69) is 20.2 Å². The number of anilines is 1. The van der Waals surface area contributed by atoms with E-state index >= 15 is 0 Å². The molecule has 3 heterocycles. The molecule has 1 aliphatic carbocycles. The molecular formula is C24H26N4O3. The Morgan fingerprint density at radius 2 is 2.03 bits per heavy atom. The van der Waals surface area contributed by atoms with Crippen LogP contribution in [0.4, 0.5) is 5.69 Å². The Bertz CT molecular complexity index is 1130. The van der Waals surface area contributed by atoms with Gasteiger partial charge in [0.2, 0.25) is 5.79 Å². The molecule has 2 N–H and O–H groups in total. The Labute approximate surface area is 180 Å². The van der Waals surface area contributed by atoms with Crippen LogP contribution in [-0.2, 0) is 11.3 Å². The van der Waals surface area contributed by atoms with Gasteiger partial charge in [-0.3, -0.25) is 9.69 Å². The molecule has 1 amide bonds. The number of hydrogen-bond acceptors (Lipinski definition) is 5. The molecule has 0 atom stereocenters. The van der Waals surface area contributed by atoms with Crippen LogP contribution in [0, 0.1) is 0 Å². The number of nitrogens with zero attached hydrogens (tertiary/aromatic N) is 2. The number of imidazole rings is 1. The van der Waals surface area contributed by atoms with Gasteiger partial charge >= 0.3 is 0 Å². The number of H-pyrrole nitrogens is 1. The second-order valence-electron chi connectivity index (χ2n) is 8.83. The highest BCUT2D eigenvalue weighted by atomic mass is 16.7. The van der Waals surface area contributed by atoms with Crippen molar-refractivity contribution in [2.24, 2.45) is 0 Å². The van der Waals surface area contributed by atoms with Crippen molar-refractivity contribution in [3.63, 3.8) is 0 Å². The summed E-state index contributed by atoms with van der Waals surface area (Å²) in [5, 5.41) is 2.98. The number of ether oxygens (including phenoxy) is 2. The highest BCUT2D eigenvalue weighted by molar-refractivity contribution is 6.06. The van der Waals surface area contributed by atoms with E-state index < -0.39 is 5.79 Å². The van der Waals surface area contributed by atoms with Gasteiger partial charge in [0.1, 0.15) is 5.75 Å². The van der Waals surface area contributed by atoms with Crippen molar-refractivity contribution in [3.05, 3.63) is 53.9 Å². The number of carbonyl (C=O) groups is 1. The molecule has 1 spiro atoms. The number of aromatic nitrogens is 2. The maximum atomic E-state index is 12.7. The minimum atomic E-state index is -0.502. The lowest BCUT2D eigenvalue weighted by Crippen LogP contribution is -2.54. The summed E-state index contributed by atoms with van der Waals surface area (Å²) in [6, 6.07) is 12.0. The van der Waals surface area contributed by atoms with Crippen molar-refractivity contribution in [3.8, 4) is 5.75 Å². The van der Waals surface area contributed by atoms with Gasteiger partial charge < -0.3 is 19.8 Å². The lowest BCUT2D eigenvalue weighted by atomic mass is 9.89. The van der Waals surface area contributed by atoms with Crippen molar-refractivity contribution < 1.29 is 14.3 Å². The smallest absolute Gasteiger partial charge is 0.255 e. The number of piperidine rings is 1. The van der Waals surface area contributed by atoms with Crippen LogP contribution in [0.25, 0.3) is 11.0 Å². The van der Waals surface area contributed by atoms with E-state index in [4.69, 9.17) is 9.47 Å². The predicted molar refractivity (Wildman–Crippen MR) is 117 cm³/mol. The summed E-state index contributed by atoms with van der Waals surface area (Å²) >= 11 is 0. The van der Waals surface area contributed by atoms with Gasteiger partial charge in [-0.2, -0.15) is 0 Å². The Hall–Kier alpha value is -2.90. The first-order chi connectivity index (χ1) is 15.2. The van der Waals surface area contributed by atoms with Crippen LogP contribution in [-0.4, -0.2) is 45.7 Å². The van der Waals surface area contributed by atoms with E-state index in [9.17, 15) is 4.79 Å². The molecule has 0 unspecified atom stereocenters. The molecule has 7 heteroatoms. The molecule has 7 nitrogen and oxygen atoms in total. The van der Waals surface area contributed by atoms with E-state index in [1.807, 2.05) is 30.3 Å². The van der Waals surface area contributed by atoms with Gasteiger partial charge in [-0.25, -0.2) is 4.98 Å². The van der Waals surface area contributed by atoms with Crippen molar-refractivity contribution in [2.45, 2.75) is 50.5 Å². The number of rotatable bonds is 3. The molecule has 3 aliphatic rings. The molecule has 0 bridgehead atoms. The van der Waals surface area contributed by atoms with Gasteiger partial charge in [-0.15, -0.1) is 0 Å². The summed E-state index contributed by atoms with van der Waals surface area (Å²) < 4.78 is 12.6. The third kappa shape index (κ3) is 3.47. The van der Waals surface area contributed by atoms with E-state index in [-0.39, 0.29) is 5.91 Å². The number of amides is 1. The number of carbonyl (C=O) groups excluding carboxylic acids is 1. The fourth-order valence-electron chi connectivity index (χ4n) is 4.82. The lowest BCUT2D eigenvalue weighted by Gasteiger charge is -2.47. The van der Waals surface area contributed by atoms with Gasteiger partial charge in [0.15, 0.2) is 0 Å². The molecular weight excluding hydrogens is 392 g/mol. The second kappa shape index (κ2) is 7.35. The third-order valence-electron chi connectivity index (χ3n) is 6.94. The Morgan fingerprint density at radius 3 is 2.84 bits per heavy atom. The van der Waals surface area contributed by atoms with Crippen LogP contribution in [0.1, 0.15) is 48.0 Å². The van der Waals surface area contributed by atoms with Crippen LogP contribution in [0.2, 0.25) is 0 Å². The summed E-state index contributed by atoms with van der Waals surface area (Å²) in [4.78, 5) is 22.5. The average molecular weight is 418 g/mol. The van der Waals surface area contributed by atoms with Gasteiger partial charge in [0.05, 0.1) is 24.0 Å². The summed E-state index contributed by atoms with van der Waals surface area (Å²) in [5.41, 5.74) is 3.96. The van der Waals surface area contributed by atoms with Crippen LogP contribution in [0.3, 0.4) is 0 Å². The Morgan fingerprint density at radius 1 is 1.16 bits per heavy atom. The standard InChI is InChI=1S/C24H26N4O3/c29-23(16-4-6-20-21(13-16)26-15-25-20)27-18-5-7-22-17(12-18)14-30-24(31-22)8-10-28(11-9-24)19-2-1-3-19/h4-7,12-13,15,19H,1-3,8-11,14H2,(H,25,26)(H,27,29). The molecule has 3 aromatic rings. The summed E-state index contributed by atoms with van der Waals surface area (Å²) in [6.07, 6.45) is 7.46. The highest BCUT2D eigenvalue weighted by Crippen LogP contribution is 2.40. The maximum Gasteiger partial charge on any atom is 0.255 e. The zero-order valence-corrected chi connectivity index (χ0v) is 17.4. The van der Waals surface area contributed by atoms with Crippen molar-refractivity contribution >= 4 is 22.6 Å². The largest absolute Gasteiger partial charge is 0.462 e. The fourth-order valence-corrected chi connectivity index (χ4v) is 4.82. The van der Waals surface area contributed by atoms with Crippen molar-refractivity contribution in [1.82, 2.24) is 14.9 Å². The molecule has 2 aromatic carbocycles. The molecule has 31 heavy (non-hydrogen) atoms. The van der Waals surface area contributed by atoms with Crippen LogP contribution in [0.5, 0.6) is 5.75 Å². The van der Waals surface area contributed by atoms with Crippen molar-refractivity contribution in [2.75, 3.05) is 18.4 Å². The quantitative estimate of drug-likeness (QED) is 0.670. The monoisotopic (exact) mass is 418 g/mol. The summed E-state index contributed by atoms with van der Waals surface area (Å²) in [6.45, 7) is 2.58. The van der Waals surface area contributed by atoms with Crippen LogP contribution < -0.4 is 10.1 Å². The van der Waals surface area contributed by atoms with E-state index in [1.54, 1.807) is 12.4 Å². The number of likely N-dealkylation sites (tertiary alicyclic amines) is 1. The minimum absolute atomic E-state index is 0.158. The molecule has 6 rings (SSSR count). The first-order valence-electron chi connectivity index (χ1n) is 11.1. The minimum Gasteiger partial charge on any atom is -0.462 e.